The molecular formula is C14H8F3N7. The lowest BCUT2D eigenvalue weighted by Gasteiger charge is -2.06. The third kappa shape index (κ3) is 3.30. The molecule has 3 heterocycles. The van der Waals surface area contributed by atoms with Crippen LogP contribution in [0.4, 0.5) is 24.8 Å². The van der Waals surface area contributed by atoms with Crippen molar-refractivity contribution in [3.8, 4) is 11.9 Å². The summed E-state index contributed by atoms with van der Waals surface area (Å²) in [6, 6.07) is 5.60. The first-order valence-electron chi connectivity index (χ1n) is 6.54. The number of hydrogen-bond donors (Lipinski definition) is 1. The van der Waals surface area contributed by atoms with Gasteiger partial charge in [-0.25, -0.2) is 19.6 Å². The zero-order valence-corrected chi connectivity index (χ0v) is 11.9. The van der Waals surface area contributed by atoms with Crippen molar-refractivity contribution in [2.45, 2.75) is 6.18 Å². The lowest BCUT2D eigenvalue weighted by molar-refractivity contribution is -0.137. The predicted molar refractivity (Wildman–Crippen MR) is 76.4 cm³/mol. The van der Waals surface area contributed by atoms with Gasteiger partial charge < -0.3 is 5.32 Å². The number of rotatable bonds is 3. The molecule has 3 aromatic heterocycles. The molecule has 120 valence electrons. The molecule has 0 unspecified atom stereocenters. The smallest absolute Gasteiger partial charge is 0.322 e. The Kier molecular flexibility index (Phi) is 3.83. The fraction of sp³-hybridized carbons (Fsp3) is 0.0714. The van der Waals surface area contributed by atoms with Crippen molar-refractivity contribution >= 4 is 11.6 Å². The van der Waals surface area contributed by atoms with Gasteiger partial charge in [0.2, 0.25) is 0 Å². The number of nitriles is 1. The molecule has 10 heteroatoms. The SMILES string of the molecule is N#Cc1cnc(Nc2ccn(-c3ccc(C(F)(F)F)cn3)n2)cn1. The Morgan fingerprint density at radius 3 is 2.42 bits per heavy atom. The molecule has 0 saturated heterocycles. The third-order valence-electron chi connectivity index (χ3n) is 2.92. The number of pyridine rings is 1. The highest BCUT2D eigenvalue weighted by Crippen LogP contribution is 2.28. The van der Waals surface area contributed by atoms with Gasteiger partial charge in [-0.3, -0.25) is 0 Å². The molecule has 0 spiro atoms. The van der Waals surface area contributed by atoms with E-state index >= 15 is 0 Å². The van der Waals surface area contributed by atoms with Crippen LogP contribution in [-0.2, 0) is 6.18 Å². The number of hydrogen-bond acceptors (Lipinski definition) is 6. The molecule has 3 rings (SSSR count). The Labute approximate surface area is 133 Å². The fourth-order valence-electron chi connectivity index (χ4n) is 1.79. The van der Waals surface area contributed by atoms with Crippen LogP contribution in [0.1, 0.15) is 11.3 Å². The normalized spacial score (nSPS) is 11.1. The molecule has 1 N–H and O–H groups in total. The van der Waals surface area contributed by atoms with Crippen molar-refractivity contribution in [3.63, 3.8) is 0 Å². The number of alkyl halides is 3. The molecule has 0 saturated carbocycles. The maximum atomic E-state index is 12.5. The summed E-state index contributed by atoms with van der Waals surface area (Å²) in [5.41, 5.74) is -0.648. The highest BCUT2D eigenvalue weighted by Gasteiger charge is 2.30. The molecule has 0 radical (unpaired) electrons. The van der Waals surface area contributed by atoms with E-state index in [1.807, 2.05) is 6.07 Å². The van der Waals surface area contributed by atoms with Gasteiger partial charge in [0.15, 0.2) is 17.3 Å². The lowest BCUT2D eigenvalue weighted by Crippen LogP contribution is -2.07. The number of nitrogens with one attached hydrogen (secondary N) is 1. The van der Waals surface area contributed by atoms with Gasteiger partial charge >= 0.3 is 6.18 Å². The van der Waals surface area contributed by atoms with Crippen LogP contribution < -0.4 is 5.32 Å². The Morgan fingerprint density at radius 1 is 1.00 bits per heavy atom. The van der Waals surface area contributed by atoms with Crippen LogP contribution in [0.5, 0.6) is 0 Å². The van der Waals surface area contributed by atoms with E-state index in [-0.39, 0.29) is 11.5 Å². The molecule has 24 heavy (non-hydrogen) atoms. The Bertz CT molecular complexity index is 876. The highest BCUT2D eigenvalue weighted by atomic mass is 19.4. The van der Waals surface area contributed by atoms with Gasteiger partial charge in [0.05, 0.1) is 18.0 Å². The van der Waals surface area contributed by atoms with Crippen LogP contribution >= 0.6 is 0 Å². The van der Waals surface area contributed by atoms with Crippen molar-refractivity contribution in [1.82, 2.24) is 24.7 Å². The van der Waals surface area contributed by atoms with Crippen molar-refractivity contribution in [1.29, 1.82) is 5.26 Å². The molecule has 0 aliphatic carbocycles. The number of halogens is 3. The van der Waals surface area contributed by atoms with Crippen molar-refractivity contribution < 1.29 is 13.2 Å². The minimum atomic E-state index is -4.43. The Balaban J connectivity index is 1.76. The number of anilines is 2. The second kappa shape index (κ2) is 5.96. The molecule has 0 fully saturated rings. The quantitative estimate of drug-likeness (QED) is 0.793. The molecule has 0 aliphatic heterocycles. The van der Waals surface area contributed by atoms with E-state index in [2.05, 4.69) is 25.4 Å². The summed E-state index contributed by atoms with van der Waals surface area (Å²) in [7, 11) is 0. The largest absolute Gasteiger partial charge is 0.417 e. The third-order valence-corrected chi connectivity index (χ3v) is 2.92. The van der Waals surface area contributed by atoms with Gasteiger partial charge in [0.25, 0.3) is 0 Å². The second-order valence-electron chi connectivity index (χ2n) is 4.57. The summed E-state index contributed by atoms with van der Waals surface area (Å²) < 4.78 is 38.9. The van der Waals surface area contributed by atoms with Gasteiger partial charge in [0, 0.05) is 18.5 Å². The molecule has 7 nitrogen and oxygen atoms in total. The van der Waals surface area contributed by atoms with Gasteiger partial charge in [-0.1, -0.05) is 0 Å². The summed E-state index contributed by atoms with van der Waals surface area (Å²) in [5.74, 6) is 1.01. The van der Waals surface area contributed by atoms with Gasteiger partial charge in [0.1, 0.15) is 11.9 Å². The zero-order valence-electron chi connectivity index (χ0n) is 11.9. The molecule has 0 atom stereocenters. The Hall–Kier alpha value is -3.48. The van der Waals surface area contributed by atoms with E-state index in [1.54, 1.807) is 6.07 Å². The molecule has 0 aromatic carbocycles. The van der Waals surface area contributed by atoms with E-state index in [9.17, 15) is 13.2 Å². The molecule has 0 bridgehead atoms. The molecule has 3 aromatic rings. The predicted octanol–water partition coefficient (Wildman–Crippen LogP) is 2.69. The van der Waals surface area contributed by atoms with Crippen molar-refractivity contribution in [2.75, 3.05) is 5.32 Å². The van der Waals surface area contributed by atoms with Gasteiger partial charge in [-0.2, -0.15) is 18.4 Å². The van der Waals surface area contributed by atoms with E-state index < -0.39 is 11.7 Å². The first-order chi connectivity index (χ1) is 11.5. The Morgan fingerprint density at radius 2 is 1.83 bits per heavy atom. The molecular weight excluding hydrogens is 323 g/mol. The first kappa shape index (κ1) is 15.4. The van der Waals surface area contributed by atoms with Crippen molar-refractivity contribution in [3.05, 3.63) is 54.2 Å². The monoisotopic (exact) mass is 331 g/mol. The zero-order chi connectivity index (χ0) is 17.2. The van der Waals surface area contributed by atoms with Crippen LogP contribution in [0, 0.1) is 11.3 Å². The van der Waals surface area contributed by atoms with Crippen LogP contribution in [0.15, 0.2) is 43.0 Å². The second-order valence-corrected chi connectivity index (χ2v) is 4.57. The average Bonchev–Trinajstić information content (AvgIpc) is 3.03. The fourth-order valence-corrected chi connectivity index (χ4v) is 1.79. The highest BCUT2D eigenvalue weighted by molar-refractivity contribution is 5.50. The van der Waals surface area contributed by atoms with Crippen LogP contribution in [0.3, 0.4) is 0 Å². The summed E-state index contributed by atoms with van der Waals surface area (Å²) in [6.07, 6.45) is 0.520. The average molecular weight is 331 g/mol. The topological polar surface area (TPSA) is 92.3 Å². The summed E-state index contributed by atoms with van der Waals surface area (Å²) in [6.45, 7) is 0. The standard InChI is InChI=1S/C14H8F3N7/c15-14(16,17)9-1-2-13(21-6-9)24-4-3-11(23-24)22-12-8-19-10(5-18)7-20-12/h1-4,6-8H,(H,20,22,23). The molecule has 0 aliphatic rings. The van der Waals surface area contributed by atoms with Crippen LogP contribution in [-0.4, -0.2) is 24.7 Å². The van der Waals surface area contributed by atoms with E-state index in [0.717, 1.165) is 12.3 Å². The van der Waals surface area contributed by atoms with E-state index in [4.69, 9.17) is 5.26 Å². The van der Waals surface area contributed by atoms with Gasteiger partial charge in [-0.15, -0.1) is 5.10 Å². The minimum Gasteiger partial charge on any atom is -0.322 e. The summed E-state index contributed by atoms with van der Waals surface area (Å²) >= 11 is 0. The number of nitrogens with zero attached hydrogens (tertiary/aromatic N) is 6. The van der Waals surface area contributed by atoms with Crippen LogP contribution in [0.2, 0.25) is 0 Å². The lowest BCUT2D eigenvalue weighted by atomic mass is 10.3. The summed E-state index contributed by atoms with van der Waals surface area (Å²) in [5, 5.41) is 15.6. The van der Waals surface area contributed by atoms with Crippen molar-refractivity contribution in [2.24, 2.45) is 0 Å². The first-order valence-corrected chi connectivity index (χ1v) is 6.54. The van der Waals surface area contributed by atoms with E-state index in [0.29, 0.717) is 11.6 Å². The summed E-state index contributed by atoms with van der Waals surface area (Å²) in [4.78, 5) is 11.6. The molecule has 0 amide bonds. The maximum Gasteiger partial charge on any atom is 0.417 e. The minimum absolute atomic E-state index is 0.181. The van der Waals surface area contributed by atoms with E-state index in [1.165, 1.54) is 29.3 Å². The maximum absolute atomic E-state index is 12.5. The number of aromatic nitrogens is 5. The van der Waals surface area contributed by atoms with Crippen LogP contribution in [0.25, 0.3) is 5.82 Å². The van der Waals surface area contributed by atoms with Gasteiger partial charge in [-0.05, 0) is 12.1 Å².